The van der Waals surface area contributed by atoms with Gasteiger partial charge in [-0.15, -0.1) is 20.5 Å². The average Bonchev–Trinajstić information content (AvgIpc) is 3.09. The molecule has 21 heteroatoms. The van der Waals surface area contributed by atoms with Crippen LogP contribution in [0.5, 0.6) is 11.5 Å². The van der Waals surface area contributed by atoms with Crippen LogP contribution in [-0.4, -0.2) is 94.9 Å². The van der Waals surface area contributed by atoms with Gasteiger partial charge in [0.25, 0.3) is 11.4 Å². The number of aryl methyl sites for hydroxylation is 2. The predicted molar refractivity (Wildman–Crippen MR) is 197 cm³/mol. The summed E-state index contributed by atoms with van der Waals surface area (Å²) in [5.41, 5.74) is -0.479. The van der Waals surface area contributed by atoms with E-state index in [4.69, 9.17) is 0 Å². The number of nitrogens with zero attached hydrogens (tertiary/aromatic N) is 6. The molecule has 0 radical (unpaired) electrons. The molecule has 276 valence electrons. The Morgan fingerprint density at radius 3 is 1.20 bits per heavy atom. The van der Waals surface area contributed by atoms with E-state index in [2.05, 4.69) is 20.5 Å². The quantitative estimate of drug-likeness (QED) is 0.0486. The van der Waals surface area contributed by atoms with Crippen molar-refractivity contribution in [3.05, 3.63) is 128 Å². The second kappa shape index (κ2) is 17.1. The summed E-state index contributed by atoms with van der Waals surface area (Å²) < 4.78 is 69.4. The van der Waals surface area contributed by atoms with Gasteiger partial charge in [0.1, 0.15) is 43.1 Å². The van der Waals surface area contributed by atoms with E-state index in [0.717, 1.165) is 12.1 Å². The summed E-state index contributed by atoms with van der Waals surface area (Å²) in [5, 5.41) is 58.5. The molecule has 2 N–H and O–H groups in total. The van der Waals surface area contributed by atoms with E-state index in [9.17, 15) is 56.4 Å². The second-order valence-electron chi connectivity index (χ2n) is 11.3. The molecule has 0 aliphatic rings. The summed E-state index contributed by atoms with van der Waals surface area (Å²) >= 11 is 0. The summed E-state index contributed by atoms with van der Waals surface area (Å²) in [7, 11) is -9.70. The Kier molecular flexibility index (Phi) is 13.2. The predicted octanol–water partition coefficient (Wildman–Crippen LogP) is 7.78. The van der Waals surface area contributed by atoms with E-state index in [1.807, 2.05) is 0 Å². The number of fused-ring (bicyclic) bond motifs is 2. The smallest absolute Gasteiger partial charge is 0.744 e. The number of rotatable bonds is 8. The van der Waals surface area contributed by atoms with Crippen molar-refractivity contribution in [2.45, 2.75) is 23.6 Å². The number of benzene rings is 6. The minimum Gasteiger partial charge on any atom is -0.744 e. The van der Waals surface area contributed by atoms with Gasteiger partial charge in [0.15, 0.2) is 11.4 Å². The van der Waals surface area contributed by atoms with E-state index < -0.39 is 51.4 Å². The normalized spacial score (nSPS) is 11.7. The van der Waals surface area contributed by atoms with Crippen molar-refractivity contribution in [1.82, 2.24) is 0 Å². The Morgan fingerprint density at radius 1 is 0.527 bits per heavy atom. The second-order valence-corrected chi connectivity index (χ2v) is 14.0. The maximum absolute atomic E-state index is 11.6. The van der Waals surface area contributed by atoms with E-state index in [1.54, 1.807) is 12.1 Å². The molecular formula is C34H24BaN6O12S2. The SMILES string of the molecule is Cc1cccc(N=Nc2c(O)ccc3cccc(S(=O)(=O)[O-])c23)c1[N+](=O)[O-].Cc1cccc(N=Nc2c(O)ccc3cccc(S(=O)(=O)[O-])c23)c1[N+](=O)[O-].[Ba+2]. The van der Waals surface area contributed by atoms with Crippen molar-refractivity contribution in [1.29, 1.82) is 0 Å². The van der Waals surface area contributed by atoms with Crippen LogP contribution in [0, 0.1) is 34.1 Å². The summed E-state index contributed by atoms with van der Waals surface area (Å²) in [6.07, 6.45) is 0. The van der Waals surface area contributed by atoms with Crippen LogP contribution in [0.4, 0.5) is 34.1 Å². The number of aromatic hydroxyl groups is 2. The third-order valence-corrected chi connectivity index (χ3v) is 9.53. The molecule has 6 rings (SSSR count). The zero-order valence-corrected chi connectivity index (χ0v) is 34.5. The molecule has 55 heavy (non-hydrogen) atoms. The summed E-state index contributed by atoms with van der Waals surface area (Å²) in [5.74, 6) is -0.838. The van der Waals surface area contributed by atoms with E-state index in [1.165, 1.54) is 86.6 Å². The first kappa shape index (κ1) is 42.6. The van der Waals surface area contributed by atoms with Crippen LogP contribution in [0.15, 0.2) is 127 Å². The standard InChI is InChI=1S/2C17H13N3O6S.Ba/c2*1-10-4-2-6-12(17(10)20(22)23)18-19-16-13(21)9-8-11-5-3-7-14(15(11)16)27(24,25)26;/h2*2-9,21H,1H3,(H,24,25,26);/q;;+2/p-2. The molecule has 0 atom stereocenters. The maximum Gasteiger partial charge on any atom is 2.00 e. The first-order valence-electron chi connectivity index (χ1n) is 15.1. The van der Waals surface area contributed by atoms with Crippen molar-refractivity contribution in [3.8, 4) is 11.5 Å². The van der Waals surface area contributed by atoms with Crippen molar-refractivity contribution in [2.75, 3.05) is 0 Å². The molecule has 0 aliphatic heterocycles. The van der Waals surface area contributed by atoms with Gasteiger partial charge < -0.3 is 19.3 Å². The van der Waals surface area contributed by atoms with Crippen LogP contribution < -0.4 is 0 Å². The van der Waals surface area contributed by atoms with Gasteiger partial charge in [-0.1, -0.05) is 60.7 Å². The number of nitro benzene ring substituents is 2. The first-order valence-corrected chi connectivity index (χ1v) is 17.9. The number of azo groups is 2. The Bertz CT molecular complexity index is 2610. The van der Waals surface area contributed by atoms with Crippen LogP contribution in [0.2, 0.25) is 0 Å². The molecule has 0 heterocycles. The fraction of sp³-hybridized carbons (Fsp3) is 0.0588. The van der Waals surface area contributed by atoms with E-state index in [-0.39, 0.29) is 93.8 Å². The van der Waals surface area contributed by atoms with E-state index in [0.29, 0.717) is 21.9 Å². The maximum atomic E-state index is 11.6. The third kappa shape index (κ3) is 9.38. The molecule has 0 amide bonds. The van der Waals surface area contributed by atoms with Gasteiger partial charge in [-0.2, -0.15) is 0 Å². The molecule has 0 fully saturated rings. The number of para-hydroxylation sites is 2. The van der Waals surface area contributed by atoms with Gasteiger partial charge in [0, 0.05) is 21.9 Å². The van der Waals surface area contributed by atoms with Crippen LogP contribution in [0.1, 0.15) is 11.1 Å². The molecule has 0 saturated heterocycles. The number of hydrogen-bond acceptors (Lipinski definition) is 16. The van der Waals surface area contributed by atoms with Crippen LogP contribution in [-0.2, 0) is 20.2 Å². The zero-order valence-electron chi connectivity index (χ0n) is 28.4. The van der Waals surface area contributed by atoms with Gasteiger partial charge in [-0.3, -0.25) is 20.2 Å². The number of hydrogen-bond donors (Lipinski definition) is 2. The monoisotopic (exact) mass is 910 g/mol. The van der Waals surface area contributed by atoms with Crippen molar-refractivity contribution in [2.24, 2.45) is 20.5 Å². The van der Waals surface area contributed by atoms with Gasteiger partial charge in [-0.05, 0) is 61.0 Å². The number of phenolic OH excluding ortho intramolecular Hbond substituents is 2. The topological polar surface area (TPSA) is 291 Å². The third-order valence-electron chi connectivity index (χ3n) is 7.77. The molecular weight excluding hydrogens is 886 g/mol. The Balaban J connectivity index is 0.000000240. The number of phenols is 2. The summed E-state index contributed by atoms with van der Waals surface area (Å²) in [4.78, 5) is 20.2. The molecule has 0 bridgehead atoms. The van der Waals surface area contributed by atoms with Gasteiger partial charge in [-0.25, -0.2) is 16.8 Å². The van der Waals surface area contributed by atoms with Crippen molar-refractivity contribution >= 4 is 125 Å². The van der Waals surface area contributed by atoms with Gasteiger partial charge in [0.05, 0.1) is 19.6 Å². The molecule has 0 unspecified atom stereocenters. The summed E-state index contributed by atoms with van der Waals surface area (Å²) in [6.45, 7) is 3.07. The van der Waals surface area contributed by atoms with E-state index >= 15 is 0 Å². The first-order chi connectivity index (χ1) is 25.4. The Labute approximate surface area is 351 Å². The summed E-state index contributed by atoms with van der Waals surface area (Å²) in [6, 6.07) is 22.3. The van der Waals surface area contributed by atoms with Gasteiger partial charge >= 0.3 is 48.9 Å². The van der Waals surface area contributed by atoms with Crippen molar-refractivity contribution in [3.63, 3.8) is 0 Å². The molecule has 18 nitrogen and oxygen atoms in total. The minimum absolute atomic E-state index is 0. The molecule has 6 aromatic carbocycles. The Hall–Kier alpha value is -5.17. The molecule has 6 aromatic rings. The van der Waals surface area contributed by atoms with Crippen LogP contribution in [0.3, 0.4) is 0 Å². The average molecular weight is 910 g/mol. The molecule has 0 aliphatic carbocycles. The fourth-order valence-corrected chi connectivity index (χ4v) is 6.80. The fourth-order valence-electron chi connectivity index (χ4n) is 5.38. The Morgan fingerprint density at radius 2 is 0.873 bits per heavy atom. The molecule has 0 spiro atoms. The van der Waals surface area contributed by atoms with Crippen molar-refractivity contribution < 1.29 is 46.0 Å². The molecule has 0 saturated carbocycles. The van der Waals surface area contributed by atoms with Crippen LogP contribution >= 0.6 is 0 Å². The minimum atomic E-state index is -4.85. The zero-order chi connectivity index (χ0) is 39.5. The van der Waals surface area contributed by atoms with Gasteiger partial charge in [0.2, 0.25) is 0 Å². The molecule has 0 aromatic heterocycles. The largest absolute Gasteiger partial charge is 2.00 e. The van der Waals surface area contributed by atoms with Crippen LogP contribution in [0.25, 0.3) is 21.5 Å². The number of nitro groups is 2.